The van der Waals surface area contributed by atoms with Crippen molar-refractivity contribution >= 4 is 22.5 Å². The van der Waals surface area contributed by atoms with Gasteiger partial charge in [-0.15, -0.1) is 10.2 Å². The van der Waals surface area contributed by atoms with E-state index in [2.05, 4.69) is 46.8 Å². The summed E-state index contributed by atoms with van der Waals surface area (Å²) in [6, 6.07) is 17.9. The molecular weight excluding hydrogens is 344 g/mol. The number of nitrogens with zero attached hydrogens (tertiary/aromatic N) is 2. The van der Waals surface area contributed by atoms with Gasteiger partial charge in [0.25, 0.3) is 0 Å². The van der Waals surface area contributed by atoms with Gasteiger partial charge in [-0.3, -0.25) is 5.32 Å². The number of anilines is 1. The lowest BCUT2D eigenvalue weighted by Gasteiger charge is -2.21. The van der Waals surface area contributed by atoms with E-state index in [4.69, 9.17) is 0 Å². The third-order valence-electron chi connectivity index (χ3n) is 4.21. The maximum absolute atomic E-state index is 12.1. The van der Waals surface area contributed by atoms with Crippen molar-refractivity contribution in [2.45, 2.75) is 32.7 Å². The highest BCUT2D eigenvalue weighted by molar-refractivity contribution is 7.15. The molecule has 0 saturated carbocycles. The van der Waals surface area contributed by atoms with Crippen LogP contribution in [0.4, 0.5) is 9.93 Å². The average Bonchev–Trinajstić information content (AvgIpc) is 3.10. The van der Waals surface area contributed by atoms with Crippen molar-refractivity contribution < 1.29 is 4.79 Å². The van der Waals surface area contributed by atoms with Crippen LogP contribution in [0.3, 0.4) is 0 Å². The van der Waals surface area contributed by atoms with Gasteiger partial charge < -0.3 is 5.32 Å². The molecule has 1 aromatic heterocycles. The Kier molecular flexibility index (Phi) is 5.32. The predicted molar refractivity (Wildman–Crippen MR) is 106 cm³/mol. The van der Waals surface area contributed by atoms with Crippen LogP contribution in [-0.4, -0.2) is 16.2 Å². The molecule has 3 aromatic rings. The Hall–Kier alpha value is -2.73. The van der Waals surface area contributed by atoms with Gasteiger partial charge >= 0.3 is 6.03 Å². The molecule has 134 valence electrons. The number of hydrogen-bond donors (Lipinski definition) is 2. The van der Waals surface area contributed by atoms with Crippen LogP contribution in [0, 0.1) is 6.92 Å². The van der Waals surface area contributed by atoms with Crippen LogP contribution in [-0.2, 0) is 12.0 Å². The number of amides is 2. The van der Waals surface area contributed by atoms with Gasteiger partial charge in [0.1, 0.15) is 5.01 Å². The quantitative estimate of drug-likeness (QED) is 0.699. The van der Waals surface area contributed by atoms with Crippen LogP contribution in [0.15, 0.2) is 54.6 Å². The van der Waals surface area contributed by atoms with Gasteiger partial charge in [0.15, 0.2) is 0 Å². The molecule has 0 aliphatic heterocycles. The summed E-state index contributed by atoms with van der Waals surface area (Å²) in [7, 11) is 0. The van der Waals surface area contributed by atoms with E-state index in [0.29, 0.717) is 11.7 Å². The molecule has 2 aromatic carbocycles. The number of aromatic nitrogens is 2. The zero-order valence-corrected chi connectivity index (χ0v) is 15.9. The van der Waals surface area contributed by atoms with E-state index in [0.717, 1.165) is 16.1 Å². The van der Waals surface area contributed by atoms with Gasteiger partial charge in [0.05, 0.1) is 0 Å². The summed E-state index contributed by atoms with van der Waals surface area (Å²) in [5, 5.41) is 15.3. The van der Waals surface area contributed by atoms with E-state index in [1.54, 1.807) is 0 Å². The van der Waals surface area contributed by atoms with E-state index in [9.17, 15) is 4.79 Å². The number of carbonyl (C=O) groups excluding carboxylic acids is 1. The molecule has 2 amide bonds. The molecule has 0 aliphatic rings. The molecular formula is C20H22N4OS. The number of urea groups is 1. The SMILES string of the molecule is Cc1cccc(CNC(=O)Nc2nnc(C(C)(C)c3ccccc3)s2)c1. The fourth-order valence-corrected chi connectivity index (χ4v) is 3.51. The number of benzene rings is 2. The summed E-state index contributed by atoms with van der Waals surface area (Å²) >= 11 is 1.39. The van der Waals surface area contributed by atoms with Crippen LogP contribution >= 0.6 is 11.3 Å². The van der Waals surface area contributed by atoms with Crippen LogP contribution in [0.2, 0.25) is 0 Å². The second-order valence-corrected chi connectivity index (χ2v) is 7.68. The minimum atomic E-state index is -0.285. The number of nitrogens with one attached hydrogen (secondary N) is 2. The van der Waals surface area contributed by atoms with Crippen LogP contribution in [0.25, 0.3) is 0 Å². The van der Waals surface area contributed by atoms with Gasteiger partial charge in [-0.2, -0.15) is 0 Å². The standard InChI is InChI=1S/C20H22N4OS/c1-14-8-7-9-15(12-14)13-21-18(25)22-19-24-23-17(26-19)20(2,3)16-10-5-4-6-11-16/h4-12H,13H2,1-3H3,(H2,21,22,24,25). The van der Waals surface area contributed by atoms with Crippen molar-refractivity contribution in [3.63, 3.8) is 0 Å². The van der Waals surface area contributed by atoms with Crippen LogP contribution in [0.5, 0.6) is 0 Å². The van der Waals surface area contributed by atoms with Gasteiger partial charge in [-0.05, 0) is 31.9 Å². The molecule has 0 atom stereocenters. The average molecular weight is 366 g/mol. The fourth-order valence-electron chi connectivity index (χ4n) is 2.65. The molecule has 0 radical (unpaired) electrons. The van der Waals surface area contributed by atoms with Gasteiger partial charge in [0, 0.05) is 12.0 Å². The highest BCUT2D eigenvalue weighted by Gasteiger charge is 2.27. The smallest absolute Gasteiger partial charge is 0.321 e. The minimum absolute atomic E-state index is 0.267. The van der Waals surface area contributed by atoms with Crippen LogP contribution in [0.1, 0.15) is 35.5 Å². The highest BCUT2D eigenvalue weighted by atomic mass is 32.1. The third-order valence-corrected chi connectivity index (χ3v) is 5.37. The second-order valence-electron chi connectivity index (χ2n) is 6.70. The van der Waals surface area contributed by atoms with E-state index in [1.165, 1.54) is 16.9 Å². The lowest BCUT2D eigenvalue weighted by Crippen LogP contribution is -2.28. The maximum Gasteiger partial charge on any atom is 0.321 e. The summed E-state index contributed by atoms with van der Waals surface area (Å²) in [6.45, 7) is 6.70. The molecule has 0 unspecified atom stereocenters. The number of aryl methyl sites for hydroxylation is 1. The van der Waals surface area contributed by atoms with E-state index >= 15 is 0 Å². The Labute approximate surface area is 157 Å². The molecule has 26 heavy (non-hydrogen) atoms. The van der Waals surface area contributed by atoms with Crippen molar-refractivity contribution in [3.05, 3.63) is 76.3 Å². The first kappa shape index (κ1) is 18.1. The third kappa shape index (κ3) is 4.26. The summed E-state index contributed by atoms with van der Waals surface area (Å²) in [5.41, 5.74) is 3.12. The van der Waals surface area contributed by atoms with Crippen molar-refractivity contribution in [3.8, 4) is 0 Å². The lowest BCUT2D eigenvalue weighted by molar-refractivity contribution is 0.251. The number of hydrogen-bond acceptors (Lipinski definition) is 4. The lowest BCUT2D eigenvalue weighted by atomic mass is 9.85. The molecule has 1 heterocycles. The van der Waals surface area contributed by atoms with Crippen molar-refractivity contribution in [1.82, 2.24) is 15.5 Å². The molecule has 5 nitrogen and oxygen atoms in total. The summed E-state index contributed by atoms with van der Waals surface area (Å²) in [6.07, 6.45) is 0. The summed E-state index contributed by atoms with van der Waals surface area (Å²) < 4.78 is 0. The molecule has 0 fully saturated rings. The van der Waals surface area contributed by atoms with Gasteiger partial charge in [-0.1, -0.05) is 71.5 Å². The van der Waals surface area contributed by atoms with Crippen molar-refractivity contribution in [2.75, 3.05) is 5.32 Å². The highest BCUT2D eigenvalue weighted by Crippen LogP contribution is 2.34. The Morgan fingerprint density at radius 1 is 1.08 bits per heavy atom. The topological polar surface area (TPSA) is 66.9 Å². The minimum Gasteiger partial charge on any atom is -0.334 e. The van der Waals surface area contributed by atoms with Gasteiger partial charge in [-0.25, -0.2) is 4.79 Å². The summed E-state index contributed by atoms with van der Waals surface area (Å²) in [5.74, 6) is 0. The van der Waals surface area contributed by atoms with E-state index in [1.807, 2.05) is 49.4 Å². The zero-order chi connectivity index (χ0) is 18.6. The monoisotopic (exact) mass is 366 g/mol. The zero-order valence-electron chi connectivity index (χ0n) is 15.1. The first-order chi connectivity index (χ1) is 12.4. The molecule has 2 N–H and O–H groups in total. The molecule has 0 spiro atoms. The first-order valence-electron chi connectivity index (χ1n) is 8.45. The summed E-state index contributed by atoms with van der Waals surface area (Å²) in [4.78, 5) is 12.1. The molecule has 3 rings (SSSR count). The molecule has 0 aliphatic carbocycles. The largest absolute Gasteiger partial charge is 0.334 e. The predicted octanol–water partition coefficient (Wildman–Crippen LogP) is 4.49. The Bertz CT molecular complexity index is 890. The Morgan fingerprint density at radius 3 is 2.58 bits per heavy atom. The van der Waals surface area contributed by atoms with E-state index in [-0.39, 0.29) is 11.4 Å². The van der Waals surface area contributed by atoms with Crippen molar-refractivity contribution in [2.24, 2.45) is 0 Å². The first-order valence-corrected chi connectivity index (χ1v) is 9.27. The van der Waals surface area contributed by atoms with Gasteiger partial charge in [0.2, 0.25) is 5.13 Å². The maximum atomic E-state index is 12.1. The Balaban J connectivity index is 1.62. The molecule has 0 saturated heterocycles. The normalized spacial score (nSPS) is 11.2. The van der Waals surface area contributed by atoms with Crippen molar-refractivity contribution in [1.29, 1.82) is 0 Å². The van der Waals surface area contributed by atoms with E-state index < -0.39 is 0 Å². The molecule has 6 heteroatoms. The molecule has 0 bridgehead atoms. The second kappa shape index (κ2) is 7.66. The number of rotatable bonds is 5. The number of carbonyl (C=O) groups is 1. The fraction of sp³-hybridized carbons (Fsp3) is 0.250. The Morgan fingerprint density at radius 2 is 1.85 bits per heavy atom. The van der Waals surface area contributed by atoms with Crippen LogP contribution < -0.4 is 10.6 Å².